The van der Waals surface area contributed by atoms with Crippen molar-refractivity contribution < 1.29 is 23.9 Å². The minimum atomic E-state index is -0.939. The van der Waals surface area contributed by atoms with E-state index in [2.05, 4.69) is 31.4 Å². The van der Waals surface area contributed by atoms with Crippen LogP contribution in [-0.4, -0.2) is 48.0 Å². The fraction of sp³-hybridized carbons (Fsp3) is 0.591. The molecule has 2 aliphatic heterocycles. The SMILES string of the molecule is CC1CC(C)(C)CC2(C1)NC(=O)N(CC(=O)Nc1cc3c(cc1Cl)OCCCO3)C2=O. The monoisotopic (exact) mass is 449 g/mol. The van der Waals surface area contributed by atoms with Crippen molar-refractivity contribution in [3.8, 4) is 11.5 Å². The van der Waals surface area contributed by atoms with Crippen LogP contribution in [0.25, 0.3) is 0 Å². The van der Waals surface area contributed by atoms with Gasteiger partial charge in [0.2, 0.25) is 5.91 Å². The van der Waals surface area contributed by atoms with Gasteiger partial charge in [-0.3, -0.25) is 14.5 Å². The highest BCUT2D eigenvalue weighted by Gasteiger charge is 2.56. The molecule has 2 fully saturated rings. The zero-order chi connectivity index (χ0) is 22.4. The Balaban J connectivity index is 1.47. The molecule has 2 heterocycles. The van der Waals surface area contributed by atoms with E-state index in [0.717, 1.165) is 17.7 Å². The van der Waals surface area contributed by atoms with Gasteiger partial charge in [0.05, 0.1) is 23.9 Å². The number of imide groups is 1. The lowest BCUT2D eigenvalue weighted by atomic mass is 9.64. The van der Waals surface area contributed by atoms with E-state index in [1.54, 1.807) is 12.1 Å². The molecule has 8 nitrogen and oxygen atoms in total. The Hall–Kier alpha value is -2.48. The number of rotatable bonds is 3. The lowest BCUT2D eigenvalue weighted by molar-refractivity contribution is -0.136. The number of carbonyl (C=O) groups is 3. The first-order valence-corrected chi connectivity index (χ1v) is 11.0. The number of nitrogens with zero attached hydrogens (tertiary/aromatic N) is 1. The Morgan fingerprint density at radius 1 is 1.23 bits per heavy atom. The van der Waals surface area contributed by atoms with Gasteiger partial charge in [-0.15, -0.1) is 0 Å². The van der Waals surface area contributed by atoms with Crippen molar-refractivity contribution in [2.24, 2.45) is 11.3 Å². The number of fused-ring (bicyclic) bond motifs is 1. The summed E-state index contributed by atoms with van der Waals surface area (Å²) in [6.45, 7) is 6.94. The topological polar surface area (TPSA) is 97.0 Å². The van der Waals surface area contributed by atoms with Gasteiger partial charge < -0.3 is 20.1 Å². The zero-order valence-electron chi connectivity index (χ0n) is 18.0. The third-order valence-electron chi connectivity index (χ3n) is 6.04. The van der Waals surface area contributed by atoms with Gasteiger partial charge in [-0.25, -0.2) is 4.79 Å². The number of hydrogen-bond acceptors (Lipinski definition) is 5. The molecular formula is C22H28ClN3O5. The van der Waals surface area contributed by atoms with Crippen molar-refractivity contribution in [3.05, 3.63) is 17.2 Å². The van der Waals surface area contributed by atoms with Crippen LogP contribution >= 0.6 is 11.6 Å². The maximum atomic E-state index is 13.2. The molecule has 168 valence electrons. The molecule has 1 aromatic rings. The van der Waals surface area contributed by atoms with Crippen molar-refractivity contribution in [2.45, 2.75) is 52.0 Å². The number of halogens is 1. The summed E-state index contributed by atoms with van der Waals surface area (Å²) in [6.07, 6.45) is 2.87. The highest BCUT2D eigenvalue weighted by molar-refractivity contribution is 6.34. The van der Waals surface area contributed by atoms with E-state index < -0.39 is 17.5 Å². The number of ether oxygens (including phenoxy) is 2. The second kappa shape index (κ2) is 7.89. The average molecular weight is 450 g/mol. The van der Waals surface area contributed by atoms with Crippen LogP contribution < -0.4 is 20.1 Å². The molecule has 0 radical (unpaired) electrons. The summed E-state index contributed by atoms with van der Waals surface area (Å²) in [5, 5.41) is 5.85. The van der Waals surface area contributed by atoms with Crippen LogP contribution in [0.3, 0.4) is 0 Å². The molecule has 3 aliphatic rings. The summed E-state index contributed by atoms with van der Waals surface area (Å²) in [5.74, 6) is 0.453. The van der Waals surface area contributed by atoms with Crippen molar-refractivity contribution in [1.29, 1.82) is 0 Å². The van der Waals surface area contributed by atoms with E-state index in [1.165, 1.54) is 0 Å². The fourth-order valence-electron chi connectivity index (χ4n) is 5.26. The number of urea groups is 1. The fourth-order valence-corrected chi connectivity index (χ4v) is 5.46. The molecular weight excluding hydrogens is 422 g/mol. The molecule has 2 unspecified atom stereocenters. The Labute approximate surface area is 186 Å². The summed E-state index contributed by atoms with van der Waals surface area (Å²) >= 11 is 6.29. The van der Waals surface area contributed by atoms with Gasteiger partial charge >= 0.3 is 6.03 Å². The normalized spacial score (nSPS) is 27.1. The molecule has 9 heteroatoms. The molecule has 1 aromatic carbocycles. The van der Waals surface area contributed by atoms with Crippen molar-refractivity contribution >= 4 is 35.1 Å². The van der Waals surface area contributed by atoms with E-state index in [4.69, 9.17) is 21.1 Å². The van der Waals surface area contributed by atoms with E-state index in [1.807, 2.05) is 0 Å². The molecule has 1 spiro atoms. The maximum Gasteiger partial charge on any atom is 0.325 e. The van der Waals surface area contributed by atoms with Gasteiger partial charge in [0.1, 0.15) is 12.1 Å². The van der Waals surface area contributed by atoms with Gasteiger partial charge in [0, 0.05) is 18.6 Å². The molecule has 31 heavy (non-hydrogen) atoms. The van der Waals surface area contributed by atoms with Gasteiger partial charge in [-0.05, 0) is 30.6 Å². The van der Waals surface area contributed by atoms with E-state index in [0.29, 0.717) is 49.2 Å². The first kappa shape index (κ1) is 21.7. The Morgan fingerprint density at radius 2 is 1.90 bits per heavy atom. The van der Waals surface area contributed by atoms with Gasteiger partial charge in [0.15, 0.2) is 11.5 Å². The highest BCUT2D eigenvalue weighted by atomic mass is 35.5. The largest absolute Gasteiger partial charge is 0.490 e. The molecule has 4 amide bonds. The molecule has 0 aromatic heterocycles. The first-order valence-electron chi connectivity index (χ1n) is 10.6. The maximum absolute atomic E-state index is 13.2. The highest BCUT2D eigenvalue weighted by Crippen LogP contribution is 2.46. The number of anilines is 1. The lowest BCUT2D eigenvalue weighted by Gasteiger charge is -2.43. The van der Waals surface area contributed by atoms with E-state index in [-0.39, 0.29) is 22.9 Å². The van der Waals surface area contributed by atoms with Crippen LogP contribution in [0.1, 0.15) is 46.5 Å². The Kier molecular flexibility index (Phi) is 5.54. The summed E-state index contributed by atoms with van der Waals surface area (Å²) in [6, 6.07) is 2.65. The average Bonchev–Trinajstić information content (AvgIpc) is 2.81. The number of benzene rings is 1. The molecule has 1 saturated heterocycles. The number of nitrogens with one attached hydrogen (secondary N) is 2. The predicted octanol–water partition coefficient (Wildman–Crippen LogP) is 3.58. The predicted molar refractivity (Wildman–Crippen MR) is 115 cm³/mol. The smallest absolute Gasteiger partial charge is 0.325 e. The molecule has 2 atom stereocenters. The van der Waals surface area contributed by atoms with Crippen molar-refractivity contribution in [1.82, 2.24) is 10.2 Å². The summed E-state index contributed by atoms with van der Waals surface area (Å²) in [5.41, 5.74) is -0.674. The molecule has 1 saturated carbocycles. The lowest BCUT2D eigenvalue weighted by Crippen LogP contribution is -2.54. The van der Waals surface area contributed by atoms with Crippen molar-refractivity contribution in [2.75, 3.05) is 25.1 Å². The Morgan fingerprint density at radius 3 is 2.58 bits per heavy atom. The van der Waals surface area contributed by atoms with Gasteiger partial charge in [0.25, 0.3) is 5.91 Å². The van der Waals surface area contributed by atoms with Crippen LogP contribution in [0.15, 0.2) is 12.1 Å². The summed E-state index contributed by atoms with van der Waals surface area (Å²) < 4.78 is 11.2. The number of hydrogen-bond donors (Lipinski definition) is 2. The van der Waals surface area contributed by atoms with Crippen LogP contribution in [0.2, 0.25) is 5.02 Å². The quantitative estimate of drug-likeness (QED) is 0.687. The Bertz CT molecular complexity index is 934. The van der Waals surface area contributed by atoms with E-state index in [9.17, 15) is 14.4 Å². The zero-order valence-corrected chi connectivity index (χ0v) is 18.8. The second-order valence-corrected chi connectivity index (χ2v) is 10.0. The third-order valence-corrected chi connectivity index (χ3v) is 6.35. The summed E-state index contributed by atoms with van der Waals surface area (Å²) in [4.78, 5) is 39.5. The molecule has 2 N–H and O–H groups in total. The minimum absolute atomic E-state index is 0.0731. The standard InChI is InChI=1S/C22H28ClN3O5/c1-13-9-21(2,3)12-22(10-13)19(28)26(20(29)25-22)11-18(27)24-15-8-17-16(7-14(15)23)30-5-4-6-31-17/h7-8,13H,4-6,9-12H2,1-3H3,(H,24,27)(H,25,29). The van der Waals surface area contributed by atoms with E-state index >= 15 is 0 Å². The third kappa shape index (κ3) is 4.31. The minimum Gasteiger partial charge on any atom is -0.490 e. The van der Waals surface area contributed by atoms with Crippen LogP contribution in [-0.2, 0) is 9.59 Å². The van der Waals surface area contributed by atoms with Crippen molar-refractivity contribution in [3.63, 3.8) is 0 Å². The van der Waals surface area contributed by atoms with Gasteiger partial charge in [-0.1, -0.05) is 32.4 Å². The van der Waals surface area contributed by atoms with Gasteiger partial charge in [-0.2, -0.15) is 0 Å². The first-order chi connectivity index (χ1) is 14.6. The van der Waals surface area contributed by atoms with Crippen LogP contribution in [0.4, 0.5) is 10.5 Å². The van der Waals surface area contributed by atoms with Crippen LogP contribution in [0, 0.1) is 11.3 Å². The second-order valence-electron chi connectivity index (χ2n) is 9.64. The molecule has 0 bridgehead atoms. The number of carbonyl (C=O) groups excluding carboxylic acids is 3. The molecule has 1 aliphatic carbocycles. The number of amides is 4. The summed E-state index contributed by atoms with van der Waals surface area (Å²) in [7, 11) is 0. The van der Waals surface area contributed by atoms with Crippen LogP contribution in [0.5, 0.6) is 11.5 Å². The molecule has 4 rings (SSSR count).